The summed E-state index contributed by atoms with van der Waals surface area (Å²) in [7, 11) is -3.50. The highest BCUT2D eigenvalue weighted by molar-refractivity contribution is 7.91. The van der Waals surface area contributed by atoms with Crippen LogP contribution in [0.1, 0.15) is 43.7 Å². The Bertz CT molecular complexity index is 958. The molecule has 6 bridgehead atoms. The number of hydrogen-bond acceptors (Lipinski definition) is 7. The summed E-state index contributed by atoms with van der Waals surface area (Å²) in [5, 5.41) is 13.2. The lowest BCUT2D eigenvalue weighted by Crippen LogP contribution is -2.29. The van der Waals surface area contributed by atoms with Crippen LogP contribution in [0, 0.1) is 0 Å². The highest BCUT2D eigenvalue weighted by atomic mass is 32.2. The molecule has 1 aliphatic carbocycles. The van der Waals surface area contributed by atoms with Crippen LogP contribution in [0.5, 0.6) is 0 Å². The molecule has 3 heterocycles. The van der Waals surface area contributed by atoms with Gasteiger partial charge in [0.1, 0.15) is 6.10 Å². The van der Waals surface area contributed by atoms with Gasteiger partial charge in [-0.1, -0.05) is 0 Å². The van der Waals surface area contributed by atoms with E-state index in [1.54, 1.807) is 6.07 Å². The molecule has 28 heavy (non-hydrogen) atoms. The molecular weight excluding hydrogens is 382 g/mol. The van der Waals surface area contributed by atoms with Gasteiger partial charge in [-0.3, -0.25) is 5.10 Å². The molecule has 0 saturated heterocycles. The largest absolute Gasteiger partial charge is 0.446 e. The first-order valence-electron chi connectivity index (χ1n) is 9.45. The van der Waals surface area contributed by atoms with E-state index in [0.717, 1.165) is 25.0 Å². The maximum absolute atomic E-state index is 12.5. The van der Waals surface area contributed by atoms with Crippen LogP contribution in [0.3, 0.4) is 0 Å². The summed E-state index contributed by atoms with van der Waals surface area (Å²) in [5.41, 5.74) is 1.59. The molecule has 2 aromatic rings. The molecule has 1 saturated carbocycles. The number of alkyl carbamates (subject to hydrolysis) is 1. The van der Waals surface area contributed by atoms with Crippen molar-refractivity contribution in [3.05, 3.63) is 30.1 Å². The number of nitrogens with one attached hydrogen (secondary N) is 3. The van der Waals surface area contributed by atoms with Crippen LogP contribution in [0.2, 0.25) is 0 Å². The molecular formula is C18H23N5O4S. The molecule has 3 N–H and O–H groups in total. The maximum Gasteiger partial charge on any atom is 0.407 e. The summed E-state index contributed by atoms with van der Waals surface area (Å²) in [6.45, 7) is 0.378. The molecule has 2 atom stereocenters. The van der Waals surface area contributed by atoms with E-state index in [-0.39, 0.29) is 22.8 Å². The Morgan fingerprint density at radius 3 is 2.96 bits per heavy atom. The zero-order valence-electron chi connectivity index (χ0n) is 15.3. The van der Waals surface area contributed by atoms with Crippen LogP contribution in [0.4, 0.5) is 16.3 Å². The van der Waals surface area contributed by atoms with Gasteiger partial charge < -0.3 is 15.4 Å². The molecule has 9 nitrogen and oxygen atoms in total. The molecule has 0 aromatic carbocycles. The van der Waals surface area contributed by atoms with Crippen molar-refractivity contribution in [3.63, 3.8) is 0 Å². The van der Waals surface area contributed by atoms with Crippen molar-refractivity contribution in [1.82, 2.24) is 20.5 Å². The highest BCUT2D eigenvalue weighted by Gasteiger charge is 2.30. The van der Waals surface area contributed by atoms with Gasteiger partial charge in [-0.05, 0) is 44.2 Å². The Morgan fingerprint density at radius 1 is 1.18 bits per heavy atom. The van der Waals surface area contributed by atoms with Crippen LogP contribution in [0.15, 0.2) is 29.4 Å². The minimum atomic E-state index is -3.50. The third kappa shape index (κ3) is 4.27. The summed E-state index contributed by atoms with van der Waals surface area (Å²) in [5.74, 6) is 0.817. The van der Waals surface area contributed by atoms with Gasteiger partial charge in [-0.2, -0.15) is 5.10 Å². The fourth-order valence-electron chi connectivity index (χ4n) is 3.65. The Kier molecular flexibility index (Phi) is 5.21. The number of nitrogens with zero attached hydrogens (tertiary/aromatic N) is 2. The number of H-pyrrole nitrogens is 1. The molecule has 10 heteroatoms. The van der Waals surface area contributed by atoms with E-state index >= 15 is 0 Å². The fraction of sp³-hybridized carbons (Fsp3) is 0.500. The zero-order valence-corrected chi connectivity index (χ0v) is 16.2. The van der Waals surface area contributed by atoms with Gasteiger partial charge in [0.25, 0.3) is 0 Å². The number of pyridine rings is 1. The predicted octanol–water partition coefficient (Wildman–Crippen LogP) is 2.48. The van der Waals surface area contributed by atoms with Crippen molar-refractivity contribution in [1.29, 1.82) is 0 Å². The number of anilines is 2. The van der Waals surface area contributed by atoms with Gasteiger partial charge in [0, 0.05) is 36.1 Å². The Hall–Kier alpha value is -2.62. The topological polar surface area (TPSA) is 126 Å². The Labute approximate surface area is 163 Å². The number of carbonyl (C=O) groups is 1. The first kappa shape index (κ1) is 18.7. The quantitative estimate of drug-likeness (QED) is 0.614. The lowest BCUT2D eigenvalue weighted by molar-refractivity contribution is 0.100. The number of hydrogen-bond donors (Lipinski definition) is 3. The van der Waals surface area contributed by atoms with Crippen molar-refractivity contribution >= 4 is 27.4 Å². The van der Waals surface area contributed by atoms with Gasteiger partial charge in [-0.15, -0.1) is 0 Å². The fourth-order valence-corrected chi connectivity index (χ4v) is 4.97. The molecule has 0 unspecified atom stereocenters. The standard InChI is InChI=1S/C18H23N5O4S/c24-18-20-6-1-2-8-28(25,26)17-10-13(5-7-19-17)21-16-11-15(22-23-16)12-3-4-14(9-12)27-18/h5,7,10-12,14H,1-4,6,8-9H2,(H,20,24)(H2,21,22,23)/t12-,14+/m0/s1. The number of aromatic amines is 1. The minimum absolute atomic E-state index is 0.0281. The smallest absolute Gasteiger partial charge is 0.407 e. The molecule has 1 fully saturated rings. The van der Waals surface area contributed by atoms with E-state index in [4.69, 9.17) is 4.74 Å². The third-order valence-corrected chi connectivity index (χ3v) is 6.82. The van der Waals surface area contributed by atoms with Crippen molar-refractivity contribution in [3.8, 4) is 0 Å². The molecule has 2 aliphatic rings. The summed E-state index contributed by atoms with van der Waals surface area (Å²) in [4.78, 5) is 16.0. The van der Waals surface area contributed by atoms with E-state index in [9.17, 15) is 13.2 Å². The van der Waals surface area contributed by atoms with E-state index < -0.39 is 15.9 Å². The predicted molar refractivity (Wildman–Crippen MR) is 102 cm³/mol. The van der Waals surface area contributed by atoms with Crippen LogP contribution in [0.25, 0.3) is 0 Å². The number of ether oxygens (including phenoxy) is 1. The normalized spacial score (nSPS) is 24.9. The van der Waals surface area contributed by atoms with Crippen LogP contribution >= 0.6 is 0 Å². The molecule has 0 radical (unpaired) electrons. The average molecular weight is 405 g/mol. The third-order valence-electron chi connectivity index (χ3n) is 5.13. The number of aromatic nitrogens is 3. The van der Waals surface area contributed by atoms with Gasteiger partial charge >= 0.3 is 6.09 Å². The molecule has 1 amide bonds. The number of sulfone groups is 1. The Morgan fingerprint density at radius 2 is 2.07 bits per heavy atom. The van der Waals surface area contributed by atoms with Gasteiger partial charge in [0.05, 0.1) is 5.75 Å². The monoisotopic (exact) mass is 405 g/mol. The van der Waals surface area contributed by atoms with Crippen LogP contribution in [-0.4, -0.2) is 48.1 Å². The summed E-state index contributed by atoms with van der Waals surface area (Å²) >= 11 is 0. The lowest BCUT2D eigenvalue weighted by Gasteiger charge is -2.13. The number of rotatable bonds is 0. The van der Waals surface area contributed by atoms with Gasteiger partial charge in [0.2, 0.25) is 0 Å². The van der Waals surface area contributed by atoms with E-state index in [2.05, 4.69) is 25.8 Å². The molecule has 4 rings (SSSR count). The van der Waals surface area contributed by atoms with Crippen molar-refractivity contribution in [2.24, 2.45) is 0 Å². The van der Waals surface area contributed by atoms with E-state index in [1.165, 1.54) is 12.3 Å². The first-order valence-corrected chi connectivity index (χ1v) is 11.1. The Balaban J connectivity index is 1.59. The number of fused-ring (bicyclic) bond motifs is 7. The lowest BCUT2D eigenvalue weighted by atomic mass is 10.0. The van der Waals surface area contributed by atoms with Crippen molar-refractivity contribution < 1.29 is 17.9 Å². The second-order valence-electron chi connectivity index (χ2n) is 7.21. The second-order valence-corrected chi connectivity index (χ2v) is 9.26. The highest BCUT2D eigenvalue weighted by Crippen LogP contribution is 2.36. The SMILES string of the molecule is O=C1NCCCCS(=O)(=O)c2cc(ccn2)Nc2cc([nH]n2)[C@H]2CC[C@H](C2)O1. The van der Waals surface area contributed by atoms with Gasteiger partial charge in [0.15, 0.2) is 20.7 Å². The molecule has 0 spiro atoms. The van der Waals surface area contributed by atoms with Crippen molar-refractivity contribution in [2.75, 3.05) is 17.6 Å². The van der Waals surface area contributed by atoms with Gasteiger partial charge in [-0.25, -0.2) is 18.2 Å². The van der Waals surface area contributed by atoms with Crippen LogP contribution in [-0.2, 0) is 14.6 Å². The number of carbonyl (C=O) groups excluding carboxylic acids is 1. The average Bonchev–Trinajstić information content (AvgIpc) is 3.30. The molecule has 2 aromatic heterocycles. The summed E-state index contributed by atoms with van der Waals surface area (Å²) in [6, 6.07) is 5.14. The zero-order chi connectivity index (χ0) is 19.6. The van der Waals surface area contributed by atoms with Crippen LogP contribution < -0.4 is 10.6 Å². The number of amides is 1. The minimum Gasteiger partial charge on any atom is -0.446 e. The molecule has 150 valence electrons. The van der Waals surface area contributed by atoms with Crippen molar-refractivity contribution in [2.45, 2.75) is 49.2 Å². The second kappa shape index (κ2) is 7.78. The summed E-state index contributed by atoms with van der Waals surface area (Å²) < 4.78 is 30.5. The molecule has 1 aliphatic heterocycles. The van der Waals surface area contributed by atoms with E-state index in [0.29, 0.717) is 30.9 Å². The first-order chi connectivity index (χ1) is 13.5. The maximum atomic E-state index is 12.5. The van der Waals surface area contributed by atoms with E-state index in [1.807, 2.05) is 6.07 Å². The summed E-state index contributed by atoms with van der Waals surface area (Å²) in [6.07, 6.45) is 4.36.